The average Bonchev–Trinajstić information content (AvgIpc) is 2.63. The van der Waals surface area contributed by atoms with Crippen LogP contribution in [0.1, 0.15) is 31.0 Å². The van der Waals surface area contributed by atoms with Crippen LogP contribution in [0, 0.1) is 5.41 Å². The summed E-state index contributed by atoms with van der Waals surface area (Å²) in [6.07, 6.45) is 4.25. The second-order valence-corrected chi connectivity index (χ2v) is 7.38. The van der Waals surface area contributed by atoms with E-state index in [4.69, 9.17) is 16.3 Å². The van der Waals surface area contributed by atoms with Crippen molar-refractivity contribution in [1.82, 2.24) is 9.88 Å². The summed E-state index contributed by atoms with van der Waals surface area (Å²) in [5.41, 5.74) is 1.56. The maximum absolute atomic E-state index is 12.9. The Morgan fingerprint density at radius 2 is 2.19 bits per heavy atom. The number of carbonyl (C=O) groups is 1. The maximum atomic E-state index is 12.9. The van der Waals surface area contributed by atoms with Crippen LogP contribution in [0.3, 0.4) is 0 Å². The number of pyridine rings is 1. The fourth-order valence-corrected chi connectivity index (χ4v) is 4.00. The van der Waals surface area contributed by atoms with E-state index in [0.29, 0.717) is 24.6 Å². The first-order valence-corrected chi connectivity index (χ1v) is 9.53. The van der Waals surface area contributed by atoms with Crippen LogP contribution in [0.15, 0.2) is 48.7 Å². The number of likely N-dealkylation sites (tertiary alicyclic amines) is 1. The Labute approximate surface area is 160 Å². The molecule has 0 saturated carbocycles. The van der Waals surface area contributed by atoms with Gasteiger partial charge >= 0.3 is 5.97 Å². The van der Waals surface area contributed by atoms with Gasteiger partial charge in [0.05, 0.1) is 17.7 Å². The molecule has 1 aliphatic rings. The van der Waals surface area contributed by atoms with E-state index in [1.54, 1.807) is 0 Å². The van der Waals surface area contributed by atoms with E-state index >= 15 is 0 Å². The van der Waals surface area contributed by atoms with Crippen molar-refractivity contribution in [3.63, 3.8) is 0 Å². The number of aromatic nitrogens is 1. The number of esters is 1. The lowest BCUT2D eigenvalue weighted by molar-refractivity contribution is -0.159. The molecule has 26 heavy (non-hydrogen) atoms. The van der Waals surface area contributed by atoms with Crippen LogP contribution in [0.25, 0.3) is 0 Å². The van der Waals surface area contributed by atoms with E-state index in [-0.39, 0.29) is 5.97 Å². The third kappa shape index (κ3) is 4.63. The predicted octanol–water partition coefficient (Wildman–Crippen LogP) is 4.12. The predicted molar refractivity (Wildman–Crippen MR) is 103 cm³/mol. The molecule has 2 heterocycles. The first-order chi connectivity index (χ1) is 12.6. The molecule has 0 amide bonds. The third-order valence-corrected chi connectivity index (χ3v) is 5.14. The third-order valence-electron chi connectivity index (χ3n) is 4.91. The number of halogens is 1. The second kappa shape index (κ2) is 8.65. The van der Waals surface area contributed by atoms with Gasteiger partial charge < -0.3 is 4.74 Å². The molecule has 0 N–H and O–H groups in total. The lowest BCUT2D eigenvalue weighted by atomic mass is 9.75. The molecule has 0 spiro atoms. The van der Waals surface area contributed by atoms with E-state index in [2.05, 4.69) is 9.88 Å². The van der Waals surface area contributed by atoms with Gasteiger partial charge in [0, 0.05) is 24.3 Å². The van der Waals surface area contributed by atoms with E-state index in [0.717, 1.165) is 37.2 Å². The minimum Gasteiger partial charge on any atom is -0.466 e. The van der Waals surface area contributed by atoms with E-state index in [1.165, 1.54) is 0 Å². The van der Waals surface area contributed by atoms with Gasteiger partial charge in [0.1, 0.15) is 0 Å². The van der Waals surface area contributed by atoms with Gasteiger partial charge in [-0.15, -0.1) is 0 Å². The van der Waals surface area contributed by atoms with Gasteiger partial charge in [-0.1, -0.05) is 29.8 Å². The number of piperidine rings is 1. The standard InChI is InChI=1S/C21H25ClN2O2/c1-2-26-20(25)21(14-17-7-5-8-18(22)13-17)10-6-12-24(16-21)15-19-9-3-4-11-23-19/h3-5,7-9,11,13H,2,6,10,12,14-16H2,1H3. The van der Waals surface area contributed by atoms with Crippen molar-refractivity contribution in [2.45, 2.75) is 32.7 Å². The van der Waals surface area contributed by atoms with Gasteiger partial charge in [-0.2, -0.15) is 0 Å². The lowest BCUT2D eigenvalue weighted by Crippen LogP contribution is -2.49. The molecule has 0 radical (unpaired) electrons. The van der Waals surface area contributed by atoms with Crippen LogP contribution in [0.5, 0.6) is 0 Å². The Hall–Kier alpha value is -1.91. The fourth-order valence-electron chi connectivity index (χ4n) is 3.79. The van der Waals surface area contributed by atoms with Crippen LogP contribution < -0.4 is 0 Å². The Kier molecular flexibility index (Phi) is 6.28. The second-order valence-electron chi connectivity index (χ2n) is 6.94. The van der Waals surface area contributed by atoms with Gasteiger partial charge in [-0.25, -0.2) is 0 Å². The highest BCUT2D eigenvalue weighted by Crippen LogP contribution is 2.36. The molecule has 2 aromatic rings. The minimum absolute atomic E-state index is 0.106. The van der Waals surface area contributed by atoms with Crippen molar-refractivity contribution in [2.24, 2.45) is 5.41 Å². The molecule has 0 bridgehead atoms. The molecular weight excluding hydrogens is 348 g/mol. The quantitative estimate of drug-likeness (QED) is 0.715. The number of ether oxygens (including phenoxy) is 1. The SMILES string of the molecule is CCOC(=O)C1(Cc2cccc(Cl)c2)CCCN(Cc2ccccn2)C1. The lowest BCUT2D eigenvalue weighted by Gasteiger charge is -2.41. The molecule has 0 aliphatic carbocycles. The van der Waals surface area contributed by atoms with Gasteiger partial charge in [0.2, 0.25) is 0 Å². The highest BCUT2D eigenvalue weighted by molar-refractivity contribution is 6.30. The molecule has 5 heteroatoms. The molecule has 3 rings (SSSR count). The topological polar surface area (TPSA) is 42.4 Å². The Morgan fingerprint density at radius 3 is 2.92 bits per heavy atom. The molecule has 1 atom stereocenters. The van der Waals surface area contributed by atoms with Crippen molar-refractivity contribution in [1.29, 1.82) is 0 Å². The molecular formula is C21H25ClN2O2. The van der Waals surface area contributed by atoms with Crippen LogP contribution in [-0.4, -0.2) is 35.5 Å². The normalized spacial score (nSPS) is 20.7. The minimum atomic E-state index is -0.534. The zero-order chi connectivity index (χ0) is 18.4. The smallest absolute Gasteiger partial charge is 0.313 e. The largest absolute Gasteiger partial charge is 0.466 e. The number of nitrogens with zero attached hydrogens (tertiary/aromatic N) is 2. The van der Waals surface area contributed by atoms with E-state index in [1.807, 2.05) is 55.6 Å². The monoisotopic (exact) mass is 372 g/mol. The van der Waals surface area contributed by atoms with Crippen LogP contribution in [0.2, 0.25) is 5.02 Å². The summed E-state index contributed by atoms with van der Waals surface area (Å²) in [6.45, 7) is 4.65. The summed E-state index contributed by atoms with van der Waals surface area (Å²) in [5.74, 6) is -0.106. The maximum Gasteiger partial charge on any atom is 0.313 e. The van der Waals surface area contributed by atoms with Gasteiger partial charge in [-0.3, -0.25) is 14.7 Å². The fraction of sp³-hybridized carbons (Fsp3) is 0.429. The highest BCUT2D eigenvalue weighted by atomic mass is 35.5. The van der Waals surface area contributed by atoms with E-state index in [9.17, 15) is 4.79 Å². The zero-order valence-corrected chi connectivity index (χ0v) is 15.9. The highest BCUT2D eigenvalue weighted by Gasteiger charge is 2.43. The van der Waals surface area contributed by atoms with Crippen molar-refractivity contribution in [3.05, 3.63) is 64.9 Å². The molecule has 1 unspecified atom stereocenters. The summed E-state index contributed by atoms with van der Waals surface area (Å²) in [7, 11) is 0. The Morgan fingerprint density at radius 1 is 1.31 bits per heavy atom. The number of carbonyl (C=O) groups excluding carboxylic acids is 1. The molecule has 1 saturated heterocycles. The van der Waals surface area contributed by atoms with Crippen LogP contribution >= 0.6 is 11.6 Å². The summed E-state index contributed by atoms with van der Waals surface area (Å²) in [4.78, 5) is 19.6. The van der Waals surface area contributed by atoms with Crippen molar-refractivity contribution >= 4 is 17.6 Å². The first-order valence-electron chi connectivity index (χ1n) is 9.15. The average molecular weight is 373 g/mol. The summed E-state index contributed by atoms with van der Waals surface area (Å²) in [5, 5.41) is 0.697. The number of benzene rings is 1. The summed E-state index contributed by atoms with van der Waals surface area (Å²) >= 11 is 6.15. The number of hydrogen-bond donors (Lipinski definition) is 0. The van der Waals surface area contributed by atoms with Gasteiger partial charge in [-0.05, 0) is 62.6 Å². The van der Waals surface area contributed by atoms with Crippen LogP contribution in [-0.2, 0) is 22.5 Å². The van der Waals surface area contributed by atoms with Crippen molar-refractivity contribution in [3.8, 4) is 0 Å². The van der Waals surface area contributed by atoms with Crippen molar-refractivity contribution in [2.75, 3.05) is 19.7 Å². The summed E-state index contributed by atoms with van der Waals surface area (Å²) < 4.78 is 5.47. The Bertz CT molecular complexity index is 738. The summed E-state index contributed by atoms with van der Waals surface area (Å²) in [6, 6.07) is 13.7. The van der Waals surface area contributed by atoms with E-state index < -0.39 is 5.41 Å². The zero-order valence-electron chi connectivity index (χ0n) is 15.2. The first kappa shape index (κ1) is 18.9. The molecule has 1 fully saturated rings. The Balaban J connectivity index is 1.81. The molecule has 1 aliphatic heterocycles. The molecule has 1 aromatic carbocycles. The molecule has 4 nitrogen and oxygen atoms in total. The van der Waals surface area contributed by atoms with Crippen LogP contribution in [0.4, 0.5) is 0 Å². The van der Waals surface area contributed by atoms with Gasteiger partial charge in [0.15, 0.2) is 0 Å². The van der Waals surface area contributed by atoms with Crippen molar-refractivity contribution < 1.29 is 9.53 Å². The van der Waals surface area contributed by atoms with Gasteiger partial charge in [0.25, 0.3) is 0 Å². The molecule has 138 valence electrons. The number of hydrogen-bond acceptors (Lipinski definition) is 4. The molecule has 1 aromatic heterocycles. The number of rotatable bonds is 6.